The molecule has 0 spiro atoms. The summed E-state index contributed by atoms with van der Waals surface area (Å²) in [6.45, 7) is 12.5. The van der Waals surface area contributed by atoms with Crippen molar-refractivity contribution >= 4 is 17.3 Å². The zero-order valence-corrected chi connectivity index (χ0v) is 22.1. The molecule has 0 radical (unpaired) electrons. The molecule has 7 heteroatoms. The summed E-state index contributed by atoms with van der Waals surface area (Å²) in [7, 11) is 1.95. The first-order valence-corrected chi connectivity index (χ1v) is 12.9. The maximum Gasteiger partial charge on any atom is 0.146 e. The van der Waals surface area contributed by atoms with Crippen LogP contribution in [0, 0.1) is 5.82 Å². The molecule has 186 valence electrons. The Morgan fingerprint density at radius 2 is 1.97 bits per heavy atom. The van der Waals surface area contributed by atoms with Crippen molar-refractivity contribution in [1.29, 1.82) is 0 Å². The summed E-state index contributed by atoms with van der Waals surface area (Å²) in [5, 5.41) is 14.8. The Labute approximate surface area is 205 Å². The fraction of sp³-hybridized carbons (Fsp3) is 0.692. The van der Waals surface area contributed by atoms with Gasteiger partial charge in [0, 0.05) is 36.7 Å². The monoisotopic (exact) mass is 479 g/mol. The molecule has 2 rings (SSSR count). The van der Waals surface area contributed by atoms with Crippen LogP contribution in [0.3, 0.4) is 0 Å². The van der Waals surface area contributed by atoms with Crippen molar-refractivity contribution in [1.82, 2.24) is 9.91 Å². The molecule has 33 heavy (non-hydrogen) atoms. The highest BCUT2D eigenvalue weighted by molar-refractivity contribution is 6.30. The highest BCUT2D eigenvalue weighted by atomic mass is 35.5. The lowest BCUT2D eigenvalue weighted by molar-refractivity contribution is 0.104. The van der Waals surface area contributed by atoms with Gasteiger partial charge in [-0.15, -0.1) is 0 Å². The molecule has 0 aliphatic heterocycles. The summed E-state index contributed by atoms with van der Waals surface area (Å²) in [5.74, 6) is -0.303. The molecule has 1 aliphatic rings. The van der Waals surface area contributed by atoms with Crippen molar-refractivity contribution in [3.63, 3.8) is 0 Å². The van der Waals surface area contributed by atoms with E-state index in [0.29, 0.717) is 29.3 Å². The minimum atomic E-state index is -0.303. The Balaban J connectivity index is 1.93. The Morgan fingerprint density at radius 1 is 1.27 bits per heavy atom. The zero-order valence-electron chi connectivity index (χ0n) is 21.3. The fourth-order valence-corrected chi connectivity index (χ4v) is 4.78. The van der Waals surface area contributed by atoms with Gasteiger partial charge in [-0.05, 0) is 71.7 Å². The van der Waals surface area contributed by atoms with Gasteiger partial charge in [0.2, 0.25) is 0 Å². The third kappa shape index (κ3) is 8.56. The van der Waals surface area contributed by atoms with Crippen LogP contribution < -0.4 is 5.32 Å². The number of hydrogen-bond donors (Lipinski definition) is 1. The molecular formula is C26H43ClFN5. The summed E-state index contributed by atoms with van der Waals surface area (Å²) in [4.78, 5) is 2.61. The topological polar surface area (TPSA) is 43.2 Å². The minimum Gasteiger partial charge on any atom is -0.376 e. The van der Waals surface area contributed by atoms with Gasteiger partial charge in [0.15, 0.2) is 0 Å². The van der Waals surface area contributed by atoms with Gasteiger partial charge < -0.3 is 5.32 Å². The standard InChI is InChI=1S/C26H43ClFN5/c1-7-19(3)25(29-26-18-22(27)14-15-24(26)28)16-17-32(6)31-30-20(4)21(5)33(8-2)23-12-10-9-11-13-23/h7,14-15,18,20-21,23,25,29H,8-13,16-17H2,1-6H3/b19-7+,31-30?/t20-,21?,25?/m0/s1. The number of anilines is 1. The van der Waals surface area contributed by atoms with Crippen molar-refractivity contribution < 1.29 is 4.39 Å². The van der Waals surface area contributed by atoms with Crippen molar-refractivity contribution in [3.8, 4) is 0 Å². The number of rotatable bonds is 12. The lowest BCUT2D eigenvalue weighted by Gasteiger charge is -2.39. The number of nitrogens with one attached hydrogen (secondary N) is 1. The smallest absolute Gasteiger partial charge is 0.146 e. The molecule has 0 aromatic heterocycles. The highest BCUT2D eigenvalue weighted by Crippen LogP contribution is 2.26. The first-order chi connectivity index (χ1) is 15.8. The van der Waals surface area contributed by atoms with Crippen LogP contribution in [0.5, 0.6) is 0 Å². The average molecular weight is 480 g/mol. The SMILES string of the molecule is C/C=C(\C)C(CCN(C)N=N[C@@H](C)C(C)N(CC)C1CCCCC1)Nc1cc(Cl)ccc1F. The minimum absolute atomic E-state index is 0.0150. The van der Waals surface area contributed by atoms with Crippen LogP contribution in [0.2, 0.25) is 5.02 Å². The van der Waals surface area contributed by atoms with E-state index in [1.165, 1.54) is 38.2 Å². The zero-order chi connectivity index (χ0) is 24.4. The van der Waals surface area contributed by atoms with Gasteiger partial charge in [-0.25, -0.2) is 4.39 Å². The third-order valence-corrected chi connectivity index (χ3v) is 7.26. The lowest BCUT2D eigenvalue weighted by Crippen LogP contribution is -2.46. The normalized spacial score (nSPS) is 18.5. The molecule has 0 saturated heterocycles. The molecule has 1 aliphatic carbocycles. The van der Waals surface area contributed by atoms with Crippen LogP contribution in [-0.2, 0) is 0 Å². The number of benzene rings is 1. The van der Waals surface area contributed by atoms with Crippen molar-refractivity contribution in [2.75, 3.05) is 25.5 Å². The van der Waals surface area contributed by atoms with E-state index in [-0.39, 0.29) is 17.9 Å². The number of nitrogens with zero attached hydrogens (tertiary/aromatic N) is 4. The number of halogens is 2. The van der Waals surface area contributed by atoms with E-state index in [4.69, 9.17) is 11.6 Å². The van der Waals surface area contributed by atoms with E-state index >= 15 is 0 Å². The Kier molecular flexibility index (Phi) is 11.6. The maximum atomic E-state index is 14.2. The highest BCUT2D eigenvalue weighted by Gasteiger charge is 2.27. The van der Waals surface area contributed by atoms with Crippen molar-refractivity contribution in [2.45, 2.75) is 97.3 Å². The van der Waals surface area contributed by atoms with Crippen LogP contribution in [0.15, 0.2) is 40.2 Å². The van der Waals surface area contributed by atoms with Gasteiger partial charge in [-0.2, -0.15) is 5.11 Å². The van der Waals surface area contributed by atoms with E-state index in [0.717, 1.165) is 18.5 Å². The molecule has 1 aromatic carbocycles. The Bertz CT molecular complexity index is 778. The molecule has 0 heterocycles. The lowest BCUT2D eigenvalue weighted by atomic mass is 9.92. The Hall–Kier alpha value is -1.66. The molecule has 1 fully saturated rings. The van der Waals surface area contributed by atoms with E-state index in [1.54, 1.807) is 12.1 Å². The molecule has 0 bridgehead atoms. The van der Waals surface area contributed by atoms with Gasteiger partial charge in [-0.1, -0.05) is 54.7 Å². The first-order valence-electron chi connectivity index (χ1n) is 12.5. The van der Waals surface area contributed by atoms with Crippen LogP contribution in [-0.4, -0.2) is 54.2 Å². The predicted octanol–water partition coefficient (Wildman–Crippen LogP) is 7.35. The summed E-state index contributed by atoms with van der Waals surface area (Å²) in [6.07, 6.45) is 9.47. The van der Waals surface area contributed by atoms with E-state index in [2.05, 4.69) is 54.3 Å². The maximum absolute atomic E-state index is 14.2. The number of likely N-dealkylation sites (N-methyl/N-ethyl adjacent to an activating group) is 1. The van der Waals surface area contributed by atoms with E-state index in [1.807, 2.05) is 19.0 Å². The first kappa shape index (κ1) is 27.6. The second-order valence-corrected chi connectivity index (χ2v) is 9.77. The number of allylic oxidation sites excluding steroid dienone is 1. The summed E-state index contributed by atoms with van der Waals surface area (Å²) < 4.78 is 14.2. The molecule has 5 nitrogen and oxygen atoms in total. The molecule has 3 atom stereocenters. The average Bonchev–Trinajstić information content (AvgIpc) is 2.82. The third-order valence-electron chi connectivity index (χ3n) is 7.02. The Morgan fingerprint density at radius 3 is 2.61 bits per heavy atom. The quantitative estimate of drug-likeness (QED) is 0.193. The predicted molar refractivity (Wildman–Crippen MR) is 139 cm³/mol. The van der Waals surface area contributed by atoms with Gasteiger partial charge in [0.1, 0.15) is 5.82 Å². The summed E-state index contributed by atoms with van der Waals surface area (Å²) in [6, 6.07) is 5.73. The van der Waals surface area contributed by atoms with Crippen LogP contribution >= 0.6 is 11.6 Å². The number of hydrogen-bond acceptors (Lipinski definition) is 4. The molecule has 1 aromatic rings. The molecular weight excluding hydrogens is 437 g/mol. The van der Waals surface area contributed by atoms with E-state index in [9.17, 15) is 4.39 Å². The molecule has 1 saturated carbocycles. The van der Waals surface area contributed by atoms with Gasteiger partial charge in [0.25, 0.3) is 0 Å². The summed E-state index contributed by atoms with van der Waals surface area (Å²) in [5.41, 5.74) is 1.57. The van der Waals surface area contributed by atoms with Gasteiger partial charge in [0.05, 0.1) is 11.7 Å². The van der Waals surface area contributed by atoms with Gasteiger partial charge in [-0.3, -0.25) is 9.91 Å². The van der Waals surface area contributed by atoms with Crippen molar-refractivity contribution in [2.24, 2.45) is 10.3 Å². The van der Waals surface area contributed by atoms with Crippen LogP contribution in [0.25, 0.3) is 0 Å². The molecule has 2 unspecified atom stereocenters. The molecule has 1 N–H and O–H groups in total. The van der Waals surface area contributed by atoms with E-state index < -0.39 is 0 Å². The van der Waals surface area contributed by atoms with Crippen LogP contribution in [0.4, 0.5) is 10.1 Å². The summed E-state index contributed by atoms with van der Waals surface area (Å²) >= 11 is 6.06. The second-order valence-electron chi connectivity index (χ2n) is 9.33. The largest absolute Gasteiger partial charge is 0.376 e. The fourth-order valence-electron chi connectivity index (χ4n) is 4.61. The van der Waals surface area contributed by atoms with Gasteiger partial charge >= 0.3 is 0 Å². The molecule has 0 amide bonds. The second kappa shape index (κ2) is 13.9. The van der Waals surface area contributed by atoms with Crippen LogP contribution in [0.1, 0.15) is 73.1 Å². The van der Waals surface area contributed by atoms with Crippen molar-refractivity contribution in [3.05, 3.63) is 40.7 Å².